The Morgan fingerprint density at radius 3 is 2.58 bits per heavy atom. The van der Waals surface area contributed by atoms with Crippen molar-refractivity contribution in [1.82, 2.24) is 14.5 Å². The van der Waals surface area contributed by atoms with Crippen molar-refractivity contribution >= 4 is 10.0 Å². The van der Waals surface area contributed by atoms with Crippen LogP contribution in [0.2, 0.25) is 0 Å². The lowest BCUT2D eigenvalue weighted by molar-refractivity contribution is 0.00945. The third kappa shape index (κ3) is 4.23. The smallest absolute Gasteiger partial charge is 0.243 e. The van der Waals surface area contributed by atoms with E-state index >= 15 is 0 Å². The first-order valence-electron chi connectivity index (χ1n) is 8.25. The first-order valence-corrected chi connectivity index (χ1v) is 9.74. The third-order valence-electron chi connectivity index (χ3n) is 4.48. The van der Waals surface area contributed by atoms with Gasteiger partial charge in [-0.1, -0.05) is 49.6 Å². The summed E-state index contributed by atoms with van der Waals surface area (Å²) in [6, 6.07) is 9.73. The Morgan fingerprint density at radius 1 is 1.17 bits per heavy atom. The van der Waals surface area contributed by atoms with Crippen molar-refractivity contribution in [2.75, 3.05) is 6.54 Å². The van der Waals surface area contributed by atoms with Crippen LogP contribution in [-0.2, 0) is 16.6 Å². The fraction of sp³-hybridized carbons (Fsp3) is 0.471. The van der Waals surface area contributed by atoms with Crippen LogP contribution in [-0.4, -0.2) is 35.5 Å². The number of hydrogen-bond donors (Lipinski definition) is 2. The Balaban J connectivity index is 1.64. The van der Waals surface area contributed by atoms with Crippen molar-refractivity contribution < 1.29 is 13.5 Å². The van der Waals surface area contributed by atoms with Gasteiger partial charge in [0.2, 0.25) is 10.0 Å². The van der Waals surface area contributed by atoms with Crippen molar-refractivity contribution in [3.8, 4) is 0 Å². The molecule has 0 saturated heterocycles. The third-order valence-corrected chi connectivity index (χ3v) is 5.84. The van der Waals surface area contributed by atoms with Crippen LogP contribution in [0.5, 0.6) is 0 Å². The fourth-order valence-corrected chi connectivity index (χ4v) is 4.11. The van der Waals surface area contributed by atoms with Gasteiger partial charge in [0.05, 0.1) is 18.3 Å². The number of nitrogens with one attached hydrogen (secondary N) is 1. The molecule has 1 aromatic heterocycles. The summed E-state index contributed by atoms with van der Waals surface area (Å²) in [6.07, 6.45) is 7.11. The Bertz CT molecular complexity index is 765. The van der Waals surface area contributed by atoms with Crippen LogP contribution >= 0.6 is 0 Å². The summed E-state index contributed by atoms with van der Waals surface area (Å²) in [7, 11) is -3.66. The van der Waals surface area contributed by atoms with Gasteiger partial charge >= 0.3 is 0 Å². The van der Waals surface area contributed by atoms with E-state index in [1.165, 1.54) is 12.4 Å². The minimum absolute atomic E-state index is 0.0548. The summed E-state index contributed by atoms with van der Waals surface area (Å²) < 4.78 is 28.9. The number of aromatic nitrogens is 2. The largest absolute Gasteiger partial charge is 0.389 e. The number of benzene rings is 1. The van der Waals surface area contributed by atoms with Gasteiger partial charge in [0.25, 0.3) is 0 Å². The predicted molar refractivity (Wildman–Crippen MR) is 91.0 cm³/mol. The molecule has 1 aliphatic rings. The molecule has 7 heteroatoms. The highest BCUT2D eigenvalue weighted by Gasteiger charge is 2.31. The molecule has 2 aromatic rings. The zero-order valence-corrected chi connectivity index (χ0v) is 14.4. The highest BCUT2D eigenvalue weighted by Crippen LogP contribution is 2.27. The minimum Gasteiger partial charge on any atom is -0.389 e. The van der Waals surface area contributed by atoms with Gasteiger partial charge in [-0.3, -0.25) is 4.68 Å². The summed E-state index contributed by atoms with van der Waals surface area (Å²) in [5.74, 6) is 0. The van der Waals surface area contributed by atoms with Crippen molar-refractivity contribution in [3.05, 3.63) is 48.3 Å². The van der Waals surface area contributed by atoms with Crippen molar-refractivity contribution in [1.29, 1.82) is 0 Å². The second-order valence-corrected chi connectivity index (χ2v) is 8.24. The van der Waals surface area contributed by atoms with E-state index in [4.69, 9.17) is 0 Å². The molecule has 0 bridgehead atoms. The Labute approximate surface area is 142 Å². The summed E-state index contributed by atoms with van der Waals surface area (Å²) in [5, 5.41) is 14.6. The highest BCUT2D eigenvalue weighted by atomic mass is 32.2. The molecule has 1 heterocycles. The average Bonchev–Trinajstić information content (AvgIpc) is 3.04. The number of nitrogens with zero attached hydrogens (tertiary/aromatic N) is 2. The Morgan fingerprint density at radius 2 is 1.88 bits per heavy atom. The summed E-state index contributed by atoms with van der Waals surface area (Å²) in [6.45, 7) is 0.569. The summed E-state index contributed by atoms with van der Waals surface area (Å²) in [5.41, 5.74) is 0.125. The molecule has 0 spiro atoms. The molecule has 0 atom stereocenters. The van der Waals surface area contributed by atoms with Crippen LogP contribution in [0, 0.1) is 0 Å². The standard InChI is InChI=1S/C17H23N3O3S/c21-17(9-5-2-6-10-17)14-19-24(22,23)16-11-18-20(13-16)12-15-7-3-1-4-8-15/h1,3-4,7-8,11,13,19,21H,2,5-6,9-10,12,14H2. The molecular formula is C17H23N3O3S. The van der Waals surface area contributed by atoms with E-state index in [0.29, 0.717) is 19.4 Å². The van der Waals surface area contributed by atoms with Crippen LogP contribution in [0.3, 0.4) is 0 Å². The van der Waals surface area contributed by atoms with Gasteiger partial charge in [-0.05, 0) is 18.4 Å². The minimum atomic E-state index is -3.66. The predicted octanol–water partition coefficient (Wildman–Crippen LogP) is 1.90. The van der Waals surface area contributed by atoms with Gasteiger partial charge in [0, 0.05) is 12.7 Å². The van der Waals surface area contributed by atoms with Gasteiger partial charge in [-0.25, -0.2) is 13.1 Å². The van der Waals surface area contributed by atoms with E-state index in [1.807, 2.05) is 30.3 Å². The molecule has 0 amide bonds. The fourth-order valence-electron chi connectivity index (χ4n) is 3.04. The van der Waals surface area contributed by atoms with Crippen LogP contribution in [0.1, 0.15) is 37.7 Å². The van der Waals surface area contributed by atoms with E-state index in [0.717, 1.165) is 24.8 Å². The molecule has 0 radical (unpaired) electrons. The second-order valence-electron chi connectivity index (χ2n) is 6.47. The number of aliphatic hydroxyl groups is 1. The van der Waals surface area contributed by atoms with E-state index in [1.54, 1.807) is 4.68 Å². The van der Waals surface area contributed by atoms with Crippen LogP contribution < -0.4 is 4.72 Å². The second kappa shape index (κ2) is 7.04. The molecule has 0 aliphatic heterocycles. The van der Waals surface area contributed by atoms with Gasteiger partial charge in [0.1, 0.15) is 4.90 Å². The van der Waals surface area contributed by atoms with E-state index in [2.05, 4.69) is 9.82 Å². The van der Waals surface area contributed by atoms with Crippen molar-refractivity contribution in [2.24, 2.45) is 0 Å². The number of hydrogen-bond acceptors (Lipinski definition) is 4. The summed E-state index contributed by atoms with van der Waals surface area (Å²) in [4.78, 5) is 0.123. The maximum Gasteiger partial charge on any atom is 0.243 e. The van der Waals surface area contributed by atoms with Crippen molar-refractivity contribution in [3.63, 3.8) is 0 Å². The molecule has 24 heavy (non-hydrogen) atoms. The maximum atomic E-state index is 12.4. The van der Waals surface area contributed by atoms with Gasteiger partial charge in [0.15, 0.2) is 0 Å². The molecule has 130 valence electrons. The van der Waals surface area contributed by atoms with Crippen molar-refractivity contribution in [2.45, 2.75) is 49.1 Å². The molecule has 2 N–H and O–H groups in total. The molecule has 6 nitrogen and oxygen atoms in total. The Hall–Kier alpha value is -1.70. The number of sulfonamides is 1. The topological polar surface area (TPSA) is 84.2 Å². The highest BCUT2D eigenvalue weighted by molar-refractivity contribution is 7.89. The van der Waals surface area contributed by atoms with Crippen LogP contribution in [0.25, 0.3) is 0 Å². The molecule has 3 rings (SSSR count). The number of rotatable bonds is 6. The Kier molecular flexibility index (Phi) is 5.03. The zero-order valence-electron chi connectivity index (χ0n) is 13.6. The van der Waals surface area contributed by atoms with Gasteiger partial charge in [-0.2, -0.15) is 5.10 Å². The normalized spacial score (nSPS) is 17.7. The monoisotopic (exact) mass is 349 g/mol. The molecule has 1 saturated carbocycles. The summed E-state index contributed by atoms with van der Waals surface area (Å²) >= 11 is 0. The van der Waals surface area contributed by atoms with E-state index < -0.39 is 15.6 Å². The zero-order chi connectivity index (χ0) is 17.0. The maximum absolute atomic E-state index is 12.4. The lowest BCUT2D eigenvalue weighted by Gasteiger charge is -2.31. The average molecular weight is 349 g/mol. The lowest BCUT2D eigenvalue weighted by atomic mass is 9.85. The lowest BCUT2D eigenvalue weighted by Crippen LogP contribution is -2.44. The van der Waals surface area contributed by atoms with Gasteiger partial charge in [-0.15, -0.1) is 0 Å². The van der Waals surface area contributed by atoms with E-state index in [-0.39, 0.29) is 11.4 Å². The van der Waals surface area contributed by atoms with Gasteiger partial charge < -0.3 is 5.11 Å². The molecule has 0 unspecified atom stereocenters. The SMILES string of the molecule is O=S(=O)(NCC1(O)CCCCC1)c1cnn(Cc2ccccc2)c1. The quantitative estimate of drug-likeness (QED) is 0.834. The molecular weight excluding hydrogens is 326 g/mol. The van der Waals surface area contributed by atoms with Crippen LogP contribution in [0.4, 0.5) is 0 Å². The first-order chi connectivity index (χ1) is 11.5. The molecule has 1 fully saturated rings. The first kappa shape index (κ1) is 17.1. The molecule has 1 aliphatic carbocycles. The van der Waals surface area contributed by atoms with Crippen LogP contribution in [0.15, 0.2) is 47.6 Å². The molecule has 1 aromatic carbocycles. The van der Waals surface area contributed by atoms with E-state index in [9.17, 15) is 13.5 Å².